The molecular formula is C17H21N5O. The first kappa shape index (κ1) is 14.4. The summed E-state index contributed by atoms with van der Waals surface area (Å²) < 4.78 is 1.94. The Morgan fingerprint density at radius 3 is 3.04 bits per heavy atom. The van der Waals surface area contributed by atoms with Crippen LogP contribution in [0.3, 0.4) is 0 Å². The van der Waals surface area contributed by atoms with Gasteiger partial charge in [-0.05, 0) is 37.6 Å². The summed E-state index contributed by atoms with van der Waals surface area (Å²) in [7, 11) is 1.99. The molecule has 1 saturated heterocycles. The normalized spacial score (nSPS) is 24.7. The van der Waals surface area contributed by atoms with Crippen LogP contribution in [0.4, 0.5) is 0 Å². The number of oxime groups is 1. The molecule has 0 aromatic carbocycles. The fourth-order valence-electron chi connectivity index (χ4n) is 3.54. The van der Waals surface area contributed by atoms with Crippen LogP contribution in [-0.4, -0.2) is 44.1 Å². The molecule has 1 unspecified atom stereocenters. The maximum Gasteiger partial charge on any atom is 0.156 e. The van der Waals surface area contributed by atoms with Crippen molar-refractivity contribution in [2.75, 3.05) is 13.1 Å². The highest BCUT2D eigenvalue weighted by atomic mass is 16.7. The zero-order chi connectivity index (χ0) is 15.7. The van der Waals surface area contributed by atoms with Crippen LogP contribution in [0.5, 0.6) is 0 Å². The molecule has 6 heteroatoms. The lowest BCUT2D eigenvalue weighted by Crippen LogP contribution is -2.48. The molecule has 6 nitrogen and oxygen atoms in total. The van der Waals surface area contributed by atoms with Gasteiger partial charge in [-0.25, -0.2) is 0 Å². The maximum atomic E-state index is 5.92. The van der Waals surface area contributed by atoms with E-state index in [9.17, 15) is 0 Å². The summed E-state index contributed by atoms with van der Waals surface area (Å²) in [6.45, 7) is 2.91. The van der Waals surface area contributed by atoms with Crippen LogP contribution in [0.1, 0.15) is 30.5 Å². The predicted molar refractivity (Wildman–Crippen MR) is 86.9 cm³/mol. The highest BCUT2D eigenvalue weighted by Gasteiger charge is 2.43. The number of pyridine rings is 1. The summed E-state index contributed by atoms with van der Waals surface area (Å²) in [6, 6.07) is 6.07. The van der Waals surface area contributed by atoms with Gasteiger partial charge in [0.1, 0.15) is 0 Å². The first-order chi connectivity index (χ1) is 11.2. The molecule has 0 radical (unpaired) electrons. The monoisotopic (exact) mass is 311 g/mol. The van der Waals surface area contributed by atoms with E-state index >= 15 is 0 Å². The number of hydrogen-bond donors (Lipinski definition) is 0. The molecular weight excluding hydrogens is 290 g/mol. The van der Waals surface area contributed by atoms with Gasteiger partial charge in [0.25, 0.3) is 0 Å². The number of hydrogen-bond acceptors (Lipinski definition) is 5. The lowest BCUT2D eigenvalue weighted by atomic mass is 9.87. The lowest BCUT2D eigenvalue weighted by molar-refractivity contribution is -0.0707. The van der Waals surface area contributed by atoms with Crippen LogP contribution in [0.25, 0.3) is 0 Å². The predicted octanol–water partition coefficient (Wildman–Crippen LogP) is 1.97. The summed E-state index contributed by atoms with van der Waals surface area (Å²) in [6.07, 6.45) is 8.55. The minimum Gasteiger partial charge on any atom is -0.387 e. The van der Waals surface area contributed by atoms with E-state index in [1.807, 2.05) is 36.3 Å². The largest absolute Gasteiger partial charge is 0.387 e. The molecule has 23 heavy (non-hydrogen) atoms. The van der Waals surface area contributed by atoms with Gasteiger partial charge in [-0.3, -0.25) is 14.6 Å². The molecule has 0 amide bonds. The molecule has 4 heterocycles. The minimum absolute atomic E-state index is 0.179. The second-order valence-corrected chi connectivity index (χ2v) is 6.49. The quantitative estimate of drug-likeness (QED) is 0.870. The second-order valence-electron chi connectivity index (χ2n) is 6.49. The molecule has 2 aliphatic rings. The summed E-state index contributed by atoms with van der Waals surface area (Å²) in [5.74, 6) is 0. The molecule has 1 fully saturated rings. The van der Waals surface area contributed by atoms with Gasteiger partial charge < -0.3 is 4.84 Å². The zero-order valence-corrected chi connectivity index (χ0v) is 13.4. The minimum atomic E-state index is -0.179. The van der Waals surface area contributed by atoms with Gasteiger partial charge in [0, 0.05) is 50.7 Å². The van der Waals surface area contributed by atoms with Gasteiger partial charge in [-0.1, -0.05) is 5.16 Å². The lowest BCUT2D eigenvalue weighted by Gasteiger charge is -2.38. The fraction of sp³-hybridized carbons (Fsp3) is 0.471. The molecule has 2 aromatic heterocycles. The Balaban J connectivity index is 1.45. The molecule has 1 atom stereocenters. The highest BCUT2D eigenvalue weighted by molar-refractivity contribution is 6.01. The molecule has 4 rings (SSSR count). The van der Waals surface area contributed by atoms with Crippen molar-refractivity contribution in [3.05, 3.63) is 48.0 Å². The molecule has 0 aliphatic carbocycles. The second kappa shape index (κ2) is 5.77. The zero-order valence-electron chi connectivity index (χ0n) is 13.4. The van der Waals surface area contributed by atoms with Gasteiger partial charge in [-0.2, -0.15) is 5.10 Å². The average Bonchev–Trinajstić information content (AvgIpc) is 3.16. The molecule has 0 N–H and O–H groups in total. The molecule has 0 bridgehead atoms. The summed E-state index contributed by atoms with van der Waals surface area (Å²) in [5.41, 5.74) is 3.13. The fourth-order valence-corrected chi connectivity index (χ4v) is 3.54. The Bertz CT molecular complexity index is 711. The molecule has 120 valence electrons. The van der Waals surface area contributed by atoms with Crippen molar-refractivity contribution >= 4 is 5.71 Å². The first-order valence-corrected chi connectivity index (χ1v) is 8.09. The molecule has 0 saturated carbocycles. The van der Waals surface area contributed by atoms with E-state index in [0.717, 1.165) is 50.2 Å². The Kier molecular flexibility index (Phi) is 3.61. The van der Waals surface area contributed by atoms with Crippen molar-refractivity contribution in [3.8, 4) is 0 Å². The number of rotatable bonds is 3. The van der Waals surface area contributed by atoms with Crippen molar-refractivity contribution in [1.29, 1.82) is 0 Å². The van der Waals surface area contributed by atoms with Gasteiger partial charge in [0.2, 0.25) is 0 Å². The van der Waals surface area contributed by atoms with Gasteiger partial charge >= 0.3 is 0 Å². The topological polar surface area (TPSA) is 55.5 Å². The van der Waals surface area contributed by atoms with Crippen LogP contribution in [-0.2, 0) is 18.4 Å². The van der Waals surface area contributed by atoms with Crippen molar-refractivity contribution in [2.24, 2.45) is 12.2 Å². The van der Waals surface area contributed by atoms with E-state index in [2.05, 4.69) is 26.2 Å². The summed E-state index contributed by atoms with van der Waals surface area (Å²) in [4.78, 5) is 12.6. The standard InChI is InChI=1S/C17H21N5O/c1-21-15(5-8-19-21)12-22-9-3-6-17(13-22)10-16(20-23-17)14-4-2-7-18-11-14/h2,4-5,7-8,11H,3,6,9-10,12-13H2,1H3. The summed E-state index contributed by atoms with van der Waals surface area (Å²) >= 11 is 0. The summed E-state index contributed by atoms with van der Waals surface area (Å²) in [5, 5.41) is 8.62. The van der Waals surface area contributed by atoms with Gasteiger partial charge in [0.15, 0.2) is 5.60 Å². The van der Waals surface area contributed by atoms with Crippen LogP contribution in [0.15, 0.2) is 41.9 Å². The third-order valence-electron chi connectivity index (χ3n) is 4.76. The first-order valence-electron chi connectivity index (χ1n) is 8.09. The van der Waals surface area contributed by atoms with Crippen LogP contribution in [0.2, 0.25) is 0 Å². The van der Waals surface area contributed by atoms with E-state index in [0.29, 0.717) is 0 Å². The number of nitrogens with zero attached hydrogens (tertiary/aromatic N) is 5. The SMILES string of the molecule is Cn1nccc1CN1CCCC2(CC(c3cccnc3)=NO2)C1. The Morgan fingerprint density at radius 2 is 2.26 bits per heavy atom. The Morgan fingerprint density at radius 1 is 1.30 bits per heavy atom. The van der Waals surface area contributed by atoms with E-state index in [1.54, 1.807) is 6.20 Å². The molecule has 1 spiro atoms. The van der Waals surface area contributed by atoms with E-state index < -0.39 is 0 Å². The number of aryl methyl sites for hydroxylation is 1. The number of aromatic nitrogens is 3. The van der Waals surface area contributed by atoms with E-state index in [-0.39, 0.29) is 5.60 Å². The Labute approximate surface area is 135 Å². The van der Waals surface area contributed by atoms with Crippen LogP contribution in [0, 0.1) is 0 Å². The Hall–Kier alpha value is -2.21. The van der Waals surface area contributed by atoms with E-state index in [1.165, 1.54) is 5.69 Å². The van der Waals surface area contributed by atoms with Crippen molar-refractivity contribution in [1.82, 2.24) is 19.7 Å². The smallest absolute Gasteiger partial charge is 0.156 e. The average molecular weight is 311 g/mol. The molecule has 2 aromatic rings. The highest BCUT2D eigenvalue weighted by Crippen LogP contribution is 2.35. The molecule has 2 aliphatic heterocycles. The third kappa shape index (κ3) is 2.86. The number of likely N-dealkylation sites (tertiary alicyclic amines) is 1. The van der Waals surface area contributed by atoms with Crippen molar-refractivity contribution in [3.63, 3.8) is 0 Å². The third-order valence-corrected chi connectivity index (χ3v) is 4.76. The van der Waals surface area contributed by atoms with Crippen LogP contribution >= 0.6 is 0 Å². The van der Waals surface area contributed by atoms with Gasteiger partial charge in [0.05, 0.1) is 11.4 Å². The van der Waals surface area contributed by atoms with Gasteiger partial charge in [-0.15, -0.1) is 0 Å². The van der Waals surface area contributed by atoms with E-state index in [4.69, 9.17) is 4.84 Å². The maximum absolute atomic E-state index is 5.92. The number of piperidine rings is 1. The van der Waals surface area contributed by atoms with Crippen molar-refractivity contribution in [2.45, 2.75) is 31.4 Å². The van der Waals surface area contributed by atoms with Crippen molar-refractivity contribution < 1.29 is 4.84 Å². The van der Waals surface area contributed by atoms with Crippen LogP contribution < -0.4 is 0 Å².